The Balaban J connectivity index is 2.46. The highest BCUT2D eigenvalue weighted by atomic mass is 32.2. The summed E-state index contributed by atoms with van der Waals surface area (Å²) >= 11 is 1.47. The molecule has 1 unspecified atom stereocenters. The minimum atomic E-state index is -0.516. The molecule has 4 nitrogen and oxygen atoms in total. The highest BCUT2D eigenvalue weighted by Crippen LogP contribution is 2.20. The molecule has 0 fully saturated rings. The molecular formula is C9H12N2O2S. The van der Waals surface area contributed by atoms with Crippen molar-refractivity contribution < 1.29 is 4.92 Å². The van der Waals surface area contributed by atoms with E-state index in [4.69, 9.17) is 5.73 Å². The van der Waals surface area contributed by atoms with E-state index in [0.717, 1.165) is 4.90 Å². The van der Waals surface area contributed by atoms with E-state index in [9.17, 15) is 10.1 Å². The monoisotopic (exact) mass is 212 g/mol. The van der Waals surface area contributed by atoms with Crippen LogP contribution in [0.3, 0.4) is 0 Å². The zero-order valence-electron chi connectivity index (χ0n) is 7.84. The average molecular weight is 212 g/mol. The number of thioether (sulfide) groups is 1. The molecule has 1 rings (SSSR count). The van der Waals surface area contributed by atoms with Crippen LogP contribution in [-0.4, -0.2) is 16.7 Å². The van der Waals surface area contributed by atoms with Crippen LogP contribution in [0, 0.1) is 10.1 Å². The normalized spacial score (nSPS) is 12.4. The second kappa shape index (κ2) is 4.85. The maximum Gasteiger partial charge on any atom is 0.219 e. The molecule has 0 spiro atoms. The molecule has 76 valence electrons. The van der Waals surface area contributed by atoms with Crippen molar-refractivity contribution in [2.24, 2.45) is 0 Å². The van der Waals surface area contributed by atoms with Crippen LogP contribution in [0.1, 0.15) is 6.92 Å². The van der Waals surface area contributed by atoms with E-state index in [0.29, 0.717) is 11.4 Å². The summed E-state index contributed by atoms with van der Waals surface area (Å²) < 4.78 is 0. The lowest BCUT2D eigenvalue weighted by atomic mass is 10.3. The molecule has 0 aliphatic carbocycles. The summed E-state index contributed by atoms with van der Waals surface area (Å²) in [6, 6.07) is 6.80. The largest absolute Gasteiger partial charge is 0.399 e. The lowest BCUT2D eigenvalue weighted by Gasteiger charge is -2.03. The van der Waals surface area contributed by atoms with Gasteiger partial charge >= 0.3 is 0 Å². The lowest BCUT2D eigenvalue weighted by molar-refractivity contribution is -0.511. The fraction of sp³-hybridized carbons (Fsp3) is 0.333. The SMILES string of the molecule is CC(CSc1ccc(N)cc1)[N+](=O)[O-]. The molecule has 2 N–H and O–H groups in total. The van der Waals surface area contributed by atoms with Gasteiger partial charge < -0.3 is 5.73 Å². The molecule has 0 bridgehead atoms. The van der Waals surface area contributed by atoms with Gasteiger partial charge in [-0.15, -0.1) is 11.8 Å². The Bertz CT molecular complexity index is 313. The predicted molar refractivity (Wildman–Crippen MR) is 58.0 cm³/mol. The fourth-order valence-corrected chi connectivity index (χ4v) is 1.73. The van der Waals surface area contributed by atoms with Gasteiger partial charge in [0.2, 0.25) is 6.04 Å². The van der Waals surface area contributed by atoms with Crippen molar-refractivity contribution in [2.45, 2.75) is 17.9 Å². The van der Waals surface area contributed by atoms with E-state index in [1.165, 1.54) is 11.8 Å². The van der Waals surface area contributed by atoms with Crippen LogP contribution < -0.4 is 5.73 Å². The lowest BCUT2D eigenvalue weighted by Crippen LogP contribution is -2.17. The van der Waals surface area contributed by atoms with E-state index >= 15 is 0 Å². The molecule has 0 aliphatic rings. The van der Waals surface area contributed by atoms with E-state index in [1.54, 1.807) is 19.1 Å². The number of hydrogen-bond acceptors (Lipinski definition) is 4. The molecule has 0 heterocycles. The summed E-state index contributed by atoms with van der Waals surface area (Å²) in [5.74, 6) is 0.483. The molecule has 1 aromatic carbocycles. The van der Waals surface area contributed by atoms with Gasteiger partial charge in [0.15, 0.2) is 0 Å². The first kappa shape index (κ1) is 10.8. The predicted octanol–water partition coefficient (Wildman–Crippen LogP) is 2.03. The molecule has 0 radical (unpaired) electrons. The number of rotatable bonds is 4. The van der Waals surface area contributed by atoms with E-state index in [2.05, 4.69) is 0 Å². The van der Waals surface area contributed by atoms with Gasteiger partial charge in [-0.3, -0.25) is 10.1 Å². The summed E-state index contributed by atoms with van der Waals surface area (Å²) in [4.78, 5) is 11.1. The smallest absolute Gasteiger partial charge is 0.219 e. The first-order valence-electron chi connectivity index (χ1n) is 4.21. The Morgan fingerprint density at radius 2 is 2.07 bits per heavy atom. The maximum absolute atomic E-state index is 10.3. The van der Waals surface area contributed by atoms with Crippen LogP contribution in [-0.2, 0) is 0 Å². The van der Waals surface area contributed by atoms with Crippen molar-refractivity contribution in [3.63, 3.8) is 0 Å². The Morgan fingerprint density at radius 3 is 2.57 bits per heavy atom. The van der Waals surface area contributed by atoms with Crippen molar-refractivity contribution >= 4 is 17.4 Å². The van der Waals surface area contributed by atoms with Crippen LogP contribution in [0.2, 0.25) is 0 Å². The molecule has 0 saturated carbocycles. The van der Waals surface area contributed by atoms with E-state index in [1.807, 2.05) is 12.1 Å². The molecule has 1 aromatic rings. The van der Waals surface area contributed by atoms with Gasteiger partial charge in [0.1, 0.15) is 0 Å². The third-order valence-corrected chi connectivity index (χ3v) is 2.99. The van der Waals surface area contributed by atoms with Crippen LogP contribution in [0.15, 0.2) is 29.2 Å². The Morgan fingerprint density at radius 1 is 1.50 bits per heavy atom. The third-order valence-electron chi connectivity index (χ3n) is 1.73. The zero-order valence-corrected chi connectivity index (χ0v) is 8.66. The molecule has 0 aliphatic heterocycles. The highest BCUT2D eigenvalue weighted by molar-refractivity contribution is 7.99. The van der Waals surface area contributed by atoms with Gasteiger partial charge in [-0.2, -0.15) is 0 Å². The number of anilines is 1. The average Bonchev–Trinajstić information content (AvgIpc) is 2.16. The van der Waals surface area contributed by atoms with Crippen molar-refractivity contribution in [1.82, 2.24) is 0 Å². The zero-order chi connectivity index (χ0) is 10.6. The van der Waals surface area contributed by atoms with Crippen molar-refractivity contribution in [1.29, 1.82) is 0 Å². The summed E-state index contributed by atoms with van der Waals surface area (Å²) in [6.45, 7) is 1.60. The van der Waals surface area contributed by atoms with Gasteiger partial charge in [-0.05, 0) is 24.3 Å². The van der Waals surface area contributed by atoms with Gasteiger partial charge in [0.05, 0.1) is 5.75 Å². The fourth-order valence-electron chi connectivity index (χ4n) is 0.842. The molecular weight excluding hydrogens is 200 g/mol. The van der Waals surface area contributed by atoms with Crippen molar-refractivity contribution in [3.05, 3.63) is 34.4 Å². The molecule has 0 saturated heterocycles. The number of benzene rings is 1. The number of nitro groups is 1. The van der Waals surface area contributed by atoms with Crippen molar-refractivity contribution in [2.75, 3.05) is 11.5 Å². The topological polar surface area (TPSA) is 69.2 Å². The minimum Gasteiger partial charge on any atom is -0.399 e. The van der Waals surface area contributed by atoms with Crippen molar-refractivity contribution in [3.8, 4) is 0 Å². The van der Waals surface area contributed by atoms with Crippen LogP contribution in [0.5, 0.6) is 0 Å². The molecule has 5 heteroatoms. The Hall–Kier alpha value is -1.23. The maximum atomic E-state index is 10.3. The second-order valence-corrected chi connectivity index (χ2v) is 4.11. The number of nitrogens with two attached hydrogens (primary N) is 1. The van der Waals surface area contributed by atoms with Gasteiger partial charge in [0, 0.05) is 22.4 Å². The minimum absolute atomic E-state index is 0.274. The summed E-state index contributed by atoms with van der Waals surface area (Å²) in [7, 11) is 0. The van der Waals surface area contributed by atoms with Gasteiger partial charge in [0.25, 0.3) is 0 Å². The molecule has 14 heavy (non-hydrogen) atoms. The third kappa shape index (κ3) is 3.26. The van der Waals surface area contributed by atoms with E-state index in [-0.39, 0.29) is 4.92 Å². The summed E-state index contributed by atoms with van der Waals surface area (Å²) in [5, 5.41) is 10.3. The summed E-state index contributed by atoms with van der Waals surface area (Å²) in [5.41, 5.74) is 6.22. The molecule has 0 aromatic heterocycles. The van der Waals surface area contributed by atoms with Crippen LogP contribution >= 0.6 is 11.8 Å². The van der Waals surface area contributed by atoms with Gasteiger partial charge in [-0.25, -0.2) is 0 Å². The quantitative estimate of drug-likeness (QED) is 0.359. The number of nitrogens with zero attached hydrogens (tertiary/aromatic N) is 1. The second-order valence-electron chi connectivity index (χ2n) is 3.01. The molecule has 0 amide bonds. The Labute approximate surface area is 86.6 Å². The first-order chi connectivity index (χ1) is 6.59. The van der Waals surface area contributed by atoms with Crippen LogP contribution in [0.25, 0.3) is 0 Å². The first-order valence-corrected chi connectivity index (χ1v) is 5.20. The number of nitrogen functional groups attached to an aromatic ring is 1. The van der Waals surface area contributed by atoms with Crippen LogP contribution in [0.4, 0.5) is 5.69 Å². The highest BCUT2D eigenvalue weighted by Gasteiger charge is 2.12. The van der Waals surface area contributed by atoms with E-state index < -0.39 is 6.04 Å². The molecule has 1 atom stereocenters. The Kier molecular flexibility index (Phi) is 3.76. The summed E-state index contributed by atoms with van der Waals surface area (Å²) in [6.07, 6.45) is 0. The number of hydrogen-bond donors (Lipinski definition) is 1. The standard InChI is InChI=1S/C9H12N2O2S/c1-7(11(12)13)6-14-9-4-2-8(10)3-5-9/h2-5,7H,6,10H2,1H3. The van der Waals surface area contributed by atoms with Gasteiger partial charge in [-0.1, -0.05) is 0 Å².